The molecular formula is C31H37ClO10. The number of halogens is 1. The van der Waals surface area contributed by atoms with Gasteiger partial charge in [0.25, 0.3) is 0 Å². The van der Waals surface area contributed by atoms with E-state index in [9.17, 15) is 29.4 Å². The van der Waals surface area contributed by atoms with Crippen LogP contribution in [-0.2, 0) is 33.3 Å². The number of esters is 3. The molecule has 1 aromatic carbocycles. The highest BCUT2D eigenvalue weighted by atomic mass is 35.5. The predicted molar refractivity (Wildman–Crippen MR) is 148 cm³/mol. The number of hydrogen-bond donors (Lipinski definition) is 2. The molecule has 0 amide bonds. The predicted octanol–water partition coefficient (Wildman–Crippen LogP) is 2.90. The van der Waals surface area contributed by atoms with Gasteiger partial charge in [0, 0.05) is 31.1 Å². The Morgan fingerprint density at radius 1 is 1.05 bits per heavy atom. The average molecular weight is 605 g/mol. The van der Waals surface area contributed by atoms with Gasteiger partial charge in [-0.3, -0.25) is 14.4 Å². The molecular weight excluding hydrogens is 568 g/mol. The Balaban J connectivity index is 1.84. The Bertz CT molecular complexity index is 1360. The number of fused-ring (bicyclic) bond motifs is 5. The van der Waals surface area contributed by atoms with Gasteiger partial charge in [0.05, 0.1) is 29.6 Å². The number of carbonyl (C=O) groups excluding carboxylic acids is 4. The quantitative estimate of drug-likeness (QED) is 0.228. The van der Waals surface area contributed by atoms with Crippen LogP contribution < -0.4 is 0 Å². The molecule has 4 aliphatic rings. The third-order valence-electron chi connectivity index (χ3n) is 10.1. The fraction of sp³-hybridized carbons (Fsp3) is 0.613. The van der Waals surface area contributed by atoms with Crippen LogP contribution in [-0.4, -0.2) is 81.5 Å². The van der Waals surface area contributed by atoms with Crippen LogP contribution in [0.15, 0.2) is 41.5 Å². The van der Waals surface area contributed by atoms with Crippen molar-refractivity contribution in [1.29, 1.82) is 0 Å². The summed E-state index contributed by atoms with van der Waals surface area (Å²) >= 11 is 7.03. The fourth-order valence-corrected chi connectivity index (χ4v) is 8.27. The Morgan fingerprint density at radius 2 is 1.69 bits per heavy atom. The van der Waals surface area contributed by atoms with Crippen LogP contribution in [0.1, 0.15) is 64.7 Å². The smallest absolute Gasteiger partial charge is 0.338 e. The van der Waals surface area contributed by atoms with E-state index >= 15 is 0 Å². The van der Waals surface area contributed by atoms with Crippen molar-refractivity contribution in [1.82, 2.24) is 0 Å². The van der Waals surface area contributed by atoms with Gasteiger partial charge in [-0.05, 0) is 36.6 Å². The monoisotopic (exact) mass is 604 g/mol. The average Bonchev–Trinajstić information content (AvgIpc) is 2.90. The minimum Gasteiger partial charge on any atom is -0.455 e. The molecule has 1 aromatic rings. The Labute approximate surface area is 249 Å². The SMILES string of the molecule is CC(=O)O[C@H]1C(=O)[C@]2(C)C(Cl)C[C@H]3OC[C@@]3(OC(C)=O)C2[C@H](OC(=O)c2ccccc2)[C@]2(O)C[C@H](O)C(C)=C1C2(C)C. The van der Waals surface area contributed by atoms with Gasteiger partial charge in [-0.2, -0.15) is 0 Å². The van der Waals surface area contributed by atoms with E-state index < -0.39 is 81.4 Å². The second kappa shape index (κ2) is 10.1. The number of ether oxygens (including phenoxy) is 4. The van der Waals surface area contributed by atoms with E-state index in [2.05, 4.69) is 0 Å². The zero-order valence-corrected chi connectivity index (χ0v) is 25.3. The Kier molecular flexibility index (Phi) is 7.41. The first-order valence-electron chi connectivity index (χ1n) is 14.1. The number of alkyl halides is 1. The van der Waals surface area contributed by atoms with E-state index in [0.717, 1.165) is 0 Å². The molecule has 1 saturated heterocycles. The first kappa shape index (κ1) is 30.7. The summed E-state index contributed by atoms with van der Waals surface area (Å²) in [6, 6.07) is 8.15. The first-order chi connectivity index (χ1) is 19.5. The van der Waals surface area contributed by atoms with Crippen LogP contribution in [0.3, 0.4) is 0 Å². The molecule has 1 heterocycles. The molecule has 2 N–H and O–H groups in total. The maximum absolute atomic E-state index is 14.9. The van der Waals surface area contributed by atoms with Crippen LogP contribution in [0.2, 0.25) is 0 Å². The van der Waals surface area contributed by atoms with Crippen molar-refractivity contribution in [3.05, 3.63) is 47.0 Å². The van der Waals surface area contributed by atoms with Gasteiger partial charge in [0.15, 0.2) is 17.5 Å². The molecule has 1 aliphatic heterocycles. The van der Waals surface area contributed by atoms with E-state index in [1.807, 2.05) is 0 Å². The van der Waals surface area contributed by atoms with Crippen molar-refractivity contribution in [2.75, 3.05) is 6.61 Å². The van der Waals surface area contributed by atoms with E-state index in [-0.39, 0.29) is 30.6 Å². The third-order valence-corrected chi connectivity index (χ3v) is 10.8. The summed E-state index contributed by atoms with van der Waals surface area (Å²) < 4.78 is 23.7. The van der Waals surface area contributed by atoms with E-state index in [0.29, 0.717) is 5.57 Å². The van der Waals surface area contributed by atoms with Crippen molar-refractivity contribution < 1.29 is 48.3 Å². The standard InChI is InChI=1S/C31H37ClO10/c1-15-19(35)13-31(38)26(41-27(37)18-10-8-7-9-11-18)24-29(6,20(32)12-21-30(24,14-39-21)42-17(3)34)25(36)23(40-16(2)33)22(15)28(31,4)5/h7-11,19-21,23-24,26,35,38H,12-14H2,1-6H3/t19-,20?,21+,23+,24?,26-,29+,30-,31+/m0/s1. The molecule has 3 fully saturated rings. The van der Waals surface area contributed by atoms with Gasteiger partial charge in [-0.15, -0.1) is 11.6 Å². The van der Waals surface area contributed by atoms with Crippen LogP contribution in [0.5, 0.6) is 0 Å². The lowest BCUT2D eigenvalue weighted by Gasteiger charge is -2.67. The normalized spacial score (nSPS) is 40.4. The summed E-state index contributed by atoms with van der Waals surface area (Å²) in [4.78, 5) is 53.6. The number of carbonyl (C=O) groups is 4. The molecule has 3 aliphatic carbocycles. The molecule has 10 nitrogen and oxygen atoms in total. The van der Waals surface area contributed by atoms with Crippen LogP contribution in [0.4, 0.5) is 0 Å². The van der Waals surface area contributed by atoms with Crippen molar-refractivity contribution >= 4 is 35.3 Å². The molecule has 42 heavy (non-hydrogen) atoms. The van der Waals surface area contributed by atoms with Crippen molar-refractivity contribution in [2.45, 2.75) is 95.4 Å². The van der Waals surface area contributed by atoms with Gasteiger partial charge in [-0.1, -0.05) is 39.0 Å². The van der Waals surface area contributed by atoms with Gasteiger partial charge in [0.1, 0.15) is 17.8 Å². The van der Waals surface area contributed by atoms with Crippen molar-refractivity contribution in [3.8, 4) is 0 Å². The molecule has 0 aromatic heterocycles. The maximum atomic E-state index is 14.9. The van der Waals surface area contributed by atoms with E-state index in [1.54, 1.807) is 58.0 Å². The Morgan fingerprint density at radius 3 is 2.24 bits per heavy atom. The summed E-state index contributed by atoms with van der Waals surface area (Å²) in [7, 11) is 0. The van der Waals surface area contributed by atoms with Gasteiger partial charge in [-0.25, -0.2) is 4.79 Å². The number of aliphatic hydroxyl groups is 2. The summed E-state index contributed by atoms with van der Waals surface area (Å²) in [5, 5.41) is 23.2. The molecule has 11 heteroatoms. The lowest BCUT2D eigenvalue weighted by molar-refractivity contribution is -0.331. The molecule has 2 unspecified atom stereocenters. The molecule has 0 spiro atoms. The lowest BCUT2D eigenvalue weighted by atomic mass is 9.45. The number of rotatable bonds is 4. The van der Waals surface area contributed by atoms with Crippen LogP contribution in [0, 0.1) is 16.7 Å². The number of Topliss-reactive ketones (excluding diaryl/α,β-unsaturated/α-hetero) is 1. The molecule has 5 rings (SSSR count). The summed E-state index contributed by atoms with van der Waals surface area (Å²) in [5.41, 5.74) is -5.88. The molecule has 2 bridgehead atoms. The van der Waals surface area contributed by atoms with Gasteiger partial charge in [0.2, 0.25) is 0 Å². The molecule has 9 atom stereocenters. The zero-order valence-electron chi connectivity index (χ0n) is 24.5. The minimum atomic E-state index is -2.06. The first-order valence-corrected chi connectivity index (χ1v) is 14.5. The third kappa shape index (κ3) is 4.17. The lowest BCUT2D eigenvalue weighted by Crippen LogP contribution is -2.81. The maximum Gasteiger partial charge on any atom is 0.338 e. The van der Waals surface area contributed by atoms with Crippen molar-refractivity contribution in [3.63, 3.8) is 0 Å². The largest absolute Gasteiger partial charge is 0.455 e. The molecule has 228 valence electrons. The highest BCUT2D eigenvalue weighted by molar-refractivity contribution is 6.23. The zero-order chi connectivity index (χ0) is 31.0. The van der Waals surface area contributed by atoms with Crippen molar-refractivity contribution in [2.24, 2.45) is 16.7 Å². The number of ketones is 1. The van der Waals surface area contributed by atoms with Gasteiger partial charge < -0.3 is 29.2 Å². The fourth-order valence-electron chi connectivity index (χ4n) is 7.87. The summed E-state index contributed by atoms with van der Waals surface area (Å²) in [6.45, 7) is 8.74. The van der Waals surface area contributed by atoms with Crippen LogP contribution >= 0.6 is 11.6 Å². The Hall–Kier alpha value is -2.79. The number of hydrogen-bond acceptors (Lipinski definition) is 10. The highest BCUT2D eigenvalue weighted by Gasteiger charge is 2.78. The summed E-state index contributed by atoms with van der Waals surface area (Å²) in [6.07, 6.45) is -5.29. The molecule has 2 saturated carbocycles. The highest BCUT2D eigenvalue weighted by Crippen LogP contribution is 2.65. The summed E-state index contributed by atoms with van der Waals surface area (Å²) in [5.74, 6) is -4.06. The molecule has 0 radical (unpaired) electrons. The minimum absolute atomic E-state index is 0.0994. The van der Waals surface area contributed by atoms with Crippen LogP contribution in [0.25, 0.3) is 0 Å². The number of benzene rings is 1. The van der Waals surface area contributed by atoms with E-state index in [1.165, 1.54) is 13.8 Å². The topological polar surface area (TPSA) is 146 Å². The second-order valence-corrected chi connectivity index (χ2v) is 13.3. The number of aliphatic hydroxyl groups excluding tert-OH is 1. The van der Waals surface area contributed by atoms with Gasteiger partial charge >= 0.3 is 17.9 Å². The second-order valence-electron chi connectivity index (χ2n) is 12.7. The van der Waals surface area contributed by atoms with E-state index in [4.69, 9.17) is 30.5 Å².